The van der Waals surface area contributed by atoms with Crippen LogP contribution in [-0.2, 0) is 5.75 Å². The summed E-state index contributed by atoms with van der Waals surface area (Å²) in [5.74, 6) is 0.931. The topological polar surface area (TPSA) is 49.6 Å². The molecule has 1 atom stereocenters. The van der Waals surface area contributed by atoms with Gasteiger partial charge in [-0.25, -0.2) is 4.98 Å². The van der Waals surface area contributed by atoms with Gasteiger partial charge in [-0.1, -0.05) is 6.07 Å². The zero-order chi connectivity index (χ0) is 17.9. The van der Waals surface area contributed by atoms with Crippen molar-refractivity contribution in [3.63, 3.8) is 0 Å². The molecule has 1 fully saturated rings. The van der Waals surface area contributed by atoms with Gasteiger partial charge < -0.3 is 14.6 Å². The SMILES string of the molecule is CC1CNCCN1C(=O)c1ccc(SCc2cn3ccccc3n2)cc1.Cl.Cl. The number of carbonyl (C=O) groups excluding carboxylic acids is 1. The summed E-state index contributed by atoms with van der Waals surface area (Å²) in [6, 6.07) is 14.2. The largest absolute Gasteiger partial charge is 0.333 e. The van der Waals surface area contributed by atoms with Crippen LogP contribution in [0.4, 0.5) is 0 Å². The number of halogens is 2. The minimum absolute atomic E-state index is 0. The number of piperazine rings is 1. The second-order valence-electron chi connectivity index (χ2n) is 6.56. The number of rotatable bonds is 4. The molecule has 1 aliphatic heterocycles. The smallest absolute Gasteiger partial charge is 0.254 e. The van der Waals surface area contributed by atoms with Crippen LogP contribution in [0, 0.1) is 0 Å². The number of aromatic nitrogens is 2. The van der Waals surface area contributed by atoms with E-state index < -0.39 is 0 Å². The van der Waals surface area contributed by atoms with Crippen LogP contribution in [0.2, 0.25) is 0 Å². The number of thioether (sulfide) groups is 1. The van der Waals surface area contributed by atoms with Gasteiger partial charge in [-0.2, -0.15) is 0 Å². The van der Waals surface area contributed by atoms with E-state index in [0.29, 0.717) is 0 Å². The number of imidazole rings is 1. The van der Waals surface area contributed by atoms with Gasteiger partial charge >= 0.3 is 0 Å². The number of benzene rings is 1. The molecule has 1 saturated heterocycles. The molecule has 4 rings (SSSR count). The van der Waals surface area contributed by atoms with Crippen molar-refractivity contribution in [1.29, 1.82) is 0 Å². The lowest BCUT2D eigenvalue weighted by molar-refractivity contribution is 0.0655. The maximum atomic E-state index is 12.7. The van der Waals surface area contributed by atoms with Crippen LogP contribution < -0.4 is 5.32 Å². The molecule has 1 aromatic carbocycles. The Morgan fingerprint density at radius 2 is 2.00 bits per heavy atom. The Balaban J connectivity index is 0.00000140. The van der Waals surface area contributed by atoms with Crippen molar-refractivity contribution in [2.45, 2.75) is 23.6 Å². The summed E-state index contributed by atoms with van der Waals surface area (Å²) >= 11 is 1.73. The summed E-state index contributed by atoms with van der Waals surface area (Å²) in [5, 5.41) is 3.32. The summed E-state index contributed by atoms with van der Waals surface area (Å²) in [6.45, 7) is 4.58. The van der Waals surface area contributed by atoms with Gasteiger partial charge in [0.15, 0.2) is 0 Å². The molecule has 1 N–H and O–H groups in total. The summed E-state index contributed by atoms with van der Waals surface area (Å²) in [5.41, 5.74) is 2.78. The van der Waals surface area contributed by atoms with E-state index in [4.69, 9.17) is 0 Å². The highest BCUT2D eigenvalue weighted by molar-refractivity contribution is 7.98. The fourth-order valence-corrected chi connectivity index (χ4v) is 4.00. The van der Waals surface area contributed by atoms with E-state index in [0.717, 1.165) is 47.2 Å². The van der Waals surface area contributed by atoms with E-state index in [-0.39, 0.29) is 36.8 Å². The van der Waals surface area contributed by atoms with Gasteiger partial charge in [-0.05, 0) is 43.3 Å². The number of amides is 1. The Bertz CT molecular complexity index is 883. The molecule has 2 aromatic heterocycles. The monoisotopic (exact) mass is 438 g/mol. The molecule has 0 spiro atoms. The summed E-state index contributed by atoms with van der Waals surface area (Å²) in [6.07, 6.45) is 4.07. The molecule has 0 radical (unpaired) electrons. The minimum Gasteiger partial charge on any atom is -0.333 e. The van der Waals surface area contributed by atoms with Crippen LogP contribution in [0.1, 0.15) is 23.0 Å². The Morgan fingerprint density at radius 3 is 2.71 bits per heavy atom. The van der Waals surface area contributed by atoms with Crippen LogP contribution >= 0.6 is 36.6 Å². The van der Waals surface area contributed by atoms with E-state index in [2.05, 4.69) is 23.4 Å². The Kier molecular flexibility index (Phi) is 8.19. The van der Waals surface area contributed by atoms with Gasteiger partial charge in [0.05, 0.1) is 5.69 Å². The molecular weight excluding hydrogens is 415 g/mol. The molecule has 1 amide bonds. The number of nitrogens with one attached hydrogen (secondary N) is 1. The fourth-order valence-electron chi connectivity index (χ4n) is 3.22. The third kappa shape index (κ3) is 5.00. The third-order valence-corrected chi connectivity index (χ3v) is 5.71. The standard InChI is InChI=1S/C20H22N4OS.2ClH/c1-15-12-21-9-11-24(15)20(25)16-5-7-18(8-6-16)26-14-17-13-23-10-3-2-4-19(23)22-17;;/h2-8,10,13,15,21H,9,11-12,14H2,1H3;2*1H. The summed E-state index contributed by atoms with van der Waals surface area (Å²) in [7, 11) is 0. The molecule has 28 heavy (non-hydrogen) atoms. The van der Waals surface area contributed by atoms with Crippen molar-refractivity contribution in [3.8, 4) is 0 Å². The highest BCUT2D eigenvalue weighted by Gasteiger charge is 2.23. The minimum atomic E-state index is 0. The molecule has 3 heterocycles. The molecule has 8 heteroatoms. The summed E-state index contributed by atoms with van der Waals surface area (Å²) in [4.78, 5) is 20.4. The molecule has 0 saturated carbocycles. The maximum absolute atomic E-state index is 12.7. The van der Waals surface area contributed by atoms with E-state index in [9.17, 15) is 4.79 Å². The second-order valence-corrected chi connectivity index (χ2v) is 7.61. The first-order valence-corrected chi connectivity index (χ1v) is 9.86. The van der Waals surface area contributed by atoms with E-state index >= 15 is 0 Å². The van der Waals surface area contributed by atoms with Crippen molar-refractivity contribution in [3.05, 3.63) is 66.1 Å². The maximum Gasteiger partial charge on any atom is 0.254 e. The van der Waals surface area contributed by atoms with Crippen molar-refractivity contribution < 1.29 is 4.79 Å². The van der Waals surface area contributed by atoms with Crippen molar-refractivity contribution in [2.24, 2.45) is 0 Å². The molecule has 3 aromatic rings. The zero-order valence-electron chi connectivity index (χ0n) is 15.6. The van der Waals surface area contributed by atoms with Gasteiger partial charge in [0, 0.05) is 54.3 Å². The quantitative estimate of drug-likeness (QED) is 0.627. The van der Waals surface area contributed by atoms with E-state index in [1.807, 2.05) is 58.0 Å². The lowest BCUT2D eigenvalue weighted by atomic mass is 10.1. The second kappa shape index (κ2) is 10.2. The Morgan fingerprint density at radius 1 is 1.21 bits per heavy atom. The predicted molar refractivity (Wildman–Crippen MR) is 119 cm³/mol. The van der Waals surface area contributed by atoms with Crippen molar-refractivity contribution >= 4 is 48.1 Å². The highest BCUT2D eigenvalue weighted by Crippen LogP contribution is 2.23. The zero-order valence-corrected chi connectivity index (χ0v) is 18.0. The number of carbonyl (C=O) groups is 1. The molecule has 1 aliphatic rings. The van der Waals surface area contributed by atoms with E-state index in [1.54, 1.807) is 11.8 Å². The Labute approximate surface area is 181 Å². The fraction of sp³-hybridized carbons (Fsp3) is 0.300. The third-order valence-electron chi connectivity index (χ3n) is 4.66. The first-order chi connectivity index (χ1) is 12.7. The predicted octanol–water partition coefficient (Wildman–Crippen LogP) is 3.90. The normalized spacial score (nSPS) is 16.3. The number of nitrogens with zero attached hydrogens (tertiary/aromatic N) is 3. The highest BCUT2D eigenvalue weighted by atomic mass is 35.5. The first-order valence-electron chi connectivity index (χ1n) is 8.88. The Hall–Kier alpha value is -1.73. The molecular formula is C20H24Cl2N4OS. The number of hydrogen-bond acceptors (Lipinski definition) is 4. The lowest BCUT2D eigenvalue weighted by Gasteiger charge is -2.34. The van der Waals surface area contributed by atoms with Crippen molar-refractivity contribution in [2.75, 3.05) is 19.6 Å². The van der Waals surface area contributed by atoms with Crippen LogP contribution in [-0.4, -0.2) is 45.9 Å². The number of hydrogen-bond donors (Lipinski definition) is 1. The van der Waals surface area contributed by atoms with Gasteiger partial charge in [-0.15, -0.1) is 36.6 Å². The van der Waals surface area contributed by atoms with Crippen LogP contribution in [0.3, 0.4) is 0 Å². The first kappa shape index (κ1) is 22.6. The molecule has 0 aliphatic carbocycles. The number of pyridine rings is 1. The lowest BCUT2D eigenvalue weighted by Crippen LogP contribution is -2.52. The van der Waals surface area contributed by atoms with Gasteiger partial charge in [0.25, 0.3) is 5.91 Å². The number of fused-ring (bicyclic) bond motifs is 1. The average molecular weight is 439 g/mol. The molecule has 5 nitrogen and oxygen atoms in total. The van der Waals surface area contributed by atoms with Gasteiger partial charge in [0.1, 0.15) is 5.65 Å². The summed E-state index contributed by atoms with van der Waals surface area (Å²) < 4.78 is 2.03. The van der Waals surface area contributed by atoms with Gasteiger partial charge in [-0.3, -0.25) is 4.79 Å². The van der Waals surface area contributed by atoms with Crippen LogP contribution in [0.25, 0.3) is 5.65 Å². The molecule has 150 valence electrons. The van der Waals surface area contributed by atoms with Crippen molar-refractivity contribution in [1.82, 2.24) is 19.6 Å². The average Bonchev–Trinajstić information content (AvgIpc) is 3.10. The van der Waals surface area contributed by atoms with Gasteiger partial charge in [0.2, 0.25) is 0 Å². The molecule has 0 bridgehead atoms. The van der Waals surface area contributed by atoms with E-state index in [1.165, 1.54) is 0 Å². The van der Waals surface area contributed by atoms with Crippen LogP contribution in [0.5, 0.6) is 0 Å². The van der Waals surface area contributed by atoms with Crippen LogP contribution in [0.15, 0.2) is 59.8 Å². The molecule has 1 unspecified atom stereocenters.